The highest BCUT2D eigenvalue weighted by Crippen LogP contribution is 2.37. The van der Waals surface area contributed by atoms with Gasteiger partial charge in [0.25, 0.3) is 0 Å². The Labute approximate surface area is 184 Å². The summed E-state index contributed by atoms with van der Waals surface area (Å²) in [6.07, 6.45) is 2.74. The van der Waals surface area contributed by atoms with Crippen LogP contribution in [0.2, 0.25) is 0 Å². The van der Waals surface area contributed by atoms with E-state index < -0.39 is 29.3 Å². The van der Waals surface area contributed by atoms with E-state index in [1.54, 1.807) is 42.5 Å². The lowest BCUT2D eigenvalue weighted by molar-refractivity contribution is -0.155. The molecule has 0 bridgehead atoms. The van der Waals surface area contributed by atoms with Crippen LogP contribution in [-0.2, 0) is 20.7 Å². The molecule has 0 N–H and O–H groups in total. The molecule has 1 aliphatic heterocycles. The lowest BCUT2D eigenvalue weighted by atomic mass is 9.90. The molecule has 0 saturated carbocycles. The minimum Gasteiger partial charge on any atom is -0.484 e. The van der Waals surface area contributed by atoms with Crippen LogP contribution in [-0.4, -0.2) is 23.6 Å². The van der Waals surface area contributed by atoms with Crippen molar-refractivity contribution >= 4 is 29.0 Å². The highest BCUT2D eigenvalue weighted by molar-refractivity contribution is 5.88. The van der Waals surface area contributed by atoms with Gasteiger partial charge in [-0.15, -0.1) is 0 Å². The predicted octanol–water partition coefficient (Wildman–Crippen LogP) is 4.06. The fourth-order valence-electron chi connectivity index (χ4n) is 3.58. The van der Waals surface area contributed by atoms with Crippen molar-refractivity contribution in [3.8, 4) is 11.5 Å². The first-order valence-corrected chi connectivity index (χ1v) is 10.1. The van der Waals surface area contributed by atoms with Crippen LogP contribution < -0.4 is 15.1 Å². The van der Waals surface area contributed by atoms with E-state index in [0.29, 0.717) is 29.1 Å². The maximum atomic E-state index is 12.5. The zero-order valence-electron chi connectivity index (χ0n) is 17.9. The van der Waals surface area contributed by atoms with Crippen LogP contribution in [0.15, 0.2) is 63.8 Å². The third kappa shape index (κ3) is 4.56. The van der Waals surface area contributed by atoms with Gasteiger partial charge in [0.2, 0.25) is 0 Å². The Hall–Kier alpha value is -3.87. The molecule has 0 spiro atoms. The minimum atomic E-state index is -0.797. The van der Waals surface area contributed by atoms with Crippen LogP contribution in [0.3, 0.4) is 0 Å². The van der Waals surface area contributed by atoms with Crippen LogP contribution in [0.25, 0.3) is 17.0 Å². The topological polar surface area (TPSA) is 92.0 Å². The summed E-state index contributed by atoms with van der Waals surface area (Å²) in [6.45, 7) is 4.98. The van der Waals surface area contributed by atoms with Gasteiger partial charge in [-0.3, -0.25) is 4.79 Å². The quantitative estimate of drug-likeness (QED) is 0.265. The number of carbonyl (C=O) groups is 2. The van der Waals surface area contributed by atoms with Crippen molar-refractivity contribution in [2.45, 2.75) is 38.9 Å². The normalized spacial score (nSPS) is 16.9. The molecule has 0 saturated heterocycles. The Morgan fingerprint density at radius 3 is 2.69 bits per heavy atom. The number of fused-ring (bicyclic) bond motifs is 2. The van der Waals surface area contributed by atoms with Gasteiger partial charge in [-0.2, -0.15) is 0 Å². The molecule has 7 heteroatoms. The van der Waals surface area contributed by atoms with Gasteiger partial charge < -0.3 is 18.6 Å². The summed E-state index contributed by atoms with van der Waals surface area (Å²) in [4.78, 5) is 35.3. The van der Waals surface area contributed by atoms with Crippen molar-refractivity contribution in [2.24, 2.45) is 0 Å². The van der Waals surface area contributed by atoms with Crippen LogP contribution in [0.4, 0.5) is 0 Å². The van der Waals surface area contributed by atoms with Gasteiger partial charge in [-0.05, 0) is 43.7 Å². The number of ether oxygens (including phenoxy) is 3. The van der Waals surface area contributed by atoms with Gasteiger partial charge in [-0.1, -0.05) is 18.2 Å². The lowest BCUT2D eigenvalue weighted by Crippen LogP contribution is -2.48. The predicted molar refractivity (Wildman–Crippen MR) is 118 cm³/mol. The number of rotatable bonds is 4. The molecule has 164 valence electrons. The molecule has 4 rings (SSSR count). The molecular formula is C25H22O7. The lowest BCUT2D eigenvalue weighted by Gasteiger charge is -2.39. The highest BCUT2D eigenvalue weighted by atomic mass is 16.6. The van der Waals surface area contributed by atoms with E-state index in [1.807, 2.05) is 19.9 Å². The maximum absolute atomic E-state index is 12.5. The Bertz CT molecular complexity index is 1280. The van der Waals surface area contributed by atoms with E-state index in [-0.39, 0.29) is 0 Å². The van der Waals surface area contributed by atoms with Crippen LogP contribution in [0, 0.1) is 0 Å². The van der Waals surface area contributed by atoms with Gasteiger partial charge in [-0.25, -0.2) is 9.59 Å². The fraction of sp³-hybridized carbons (Fsp3) is 0.240. The number of esters is 2. The van der Waals surface area contributed by atoms with Crippen molar-refractivity contribution in [3.05, 3.63) is 76.2 Å². The van der Waals surface area contributed by atoms with Crippen molar-refractivity contribution in [1.29, 1.82) is 0 Å². The number of carbonyl (C=O) groups excluding carboxylic acids is 2. The molecule has 1 atom stereocenters. The molecule has 0 amide bonds. The first kappa shape index (κ1) is 21.4. The Morgan fingerprint density at radius 2 is 1.91 bits per heavy atom. The highest BCUT2D eigenvalue weighted by Gasteiger charge is 2.39. The van der Waals surface area contributed by atoms with Gasteiger partial charge >= 0.3 is 17.6 Å². The molecule has 0 aliphatic carbocycles. The summed E-state index contributed by atoms with van der Waals surface area (Å²) in [5.74, 6) is -0.0348. The van der Waals surface area contributed by atoms with E-state index in [4.69, 9.17) is 18.6 Å². The summed E-state index contributed by atoms with van der Waals surface area (Å²) in [5.41, 5.74) is 0.651. The third-order valence-electron chi connectivity index (χ3n) is 5.19. The number of para-hydroxylation sites is 1. The average molecular weight is 434 g/mol. The van der Waals surface area contributed by atoms with Crippen LogP contribution in [0.5, 0.6) is 11.5 Å². The minimum absolute atomic E-state index is 0.359. The molecule has 0 unspecified atom stereocenters. The molecule has 0 fully saturated rings. The largest absolute Gasteiger partial charge is 0.484 e. The van der Waals surface area contributed by atoms with Crippen molar-refractivity contribution < 1.29 is 28.2 Å². The van der Waals surface area contributed by atoms with E-state index in [1.165, 1.54) is 19.1 Å². The smallest absolute Gasteiger partial charge is 0.336 e. The molecule has 2 aromatic carbocycles. The van der Waals surface area contributed by atoms with Gasteiger partial charge in [0.05, 0.1) is 0 Å². The van der Waals surface area contributed by atoms with Gasteiger partial charge in [0.15, 0.2) is 0 Å². The fourth-order valence-corrected chi connectivity index (χ4v) is 3.58. The second-order valence-corrected chi connectivity index (χ2v) is 8.05. The number of hydrogen-bond acceptors (Lipinski definition) is 7. The number of hydrogen-bond donors (Lipinski definition) is 0. The monoisotopic (exact) mass is 434 g/mol. The van der Waals surface area contributed by atoms with Crippen LogP contribution in [0.1, 0.15) is 31.9 Å². The molecule has 1 aromatic heterocycles. The first-order valence-electron chi connectivity index (χ1n) is 10.1. The molecular weight excluding hydrogens is 412 g/mol. The van der Waals surface area contributed by atoms with E-state index in [0.717, 1.165) is 10.9 Å². The molecule has 32 heavy (non-hydrogen) atoms. The zero-order chi connectivity index (χ0) is 22.9. The maximum Gasteiger partial charge on any atom is 0.336 e. The summed E-state index contributed by atoms with van der Waals surface area (Å²) >= 11 is 0. The molecule has 0 radical (unpaired) electrons. The average Bonchev–Trinajstić information content (AvgIpc) is 2.72. The van der Waals surface area contributed by atoms with Gasteiger partial charge in [0, 0.05) is 42.5 Å². The second-order valence-electron chi connectivity index (χ2n) is 8.05. The summed E-state index contributed by atoms with van der Waals surface area (Å²) in [5, 5.41) is 0.763. The van der Waals surface area contributed by atoms with E-state index in [9.17, 15) is 14.4 Å². The standard InChI is InChI=1S/C25H22O7/c1-15(26)29-19-7-5-4-6-16(19)8-10-24(28)31-22-13-18-12-17-9-11-23(27)30-20(17)14-21(18)32-25(22,2)3/h4-12,14,22H,13H2,1-3H3/b10-8+/t22-/m0/s1. The van der Waals surface area contributed by atoms with Gasteiger partial charge in [0.1, 0.15) is 28.8 Å². The molecule has 3 aromatic rings. The summed E-state index contributed by atoms with van der Waals surface area (Å²) in [7, 11) is 0. The van der Waals surface area contributed by atoms with Crippen molar-refractivity contribution in [1.82, 2.24) is 0 Å². The van der Waals surface area contributed by atoms with E-state index >= 15 is 0 Å². The zero-order valence-corrected chi connectivity index (χ0v) is 17.9. The third-order valence-corrected chi connectivity index (χ3v) is 5.19. The Morgan fingerprint density at radius 1 is 1.12 bits per heavy atom. The summed E-state index contributed by atoms with van der Waals surface area (Å²) < 4.78 is 22.2. The Kier molecular flexibility index (Phi) is 5.57. The van der Waals surface area contributed by atoms with E-state index in [2.05, 4.69) is 0 Å². The van der Waals surface area contributed by atoms with Crippen LogP contribution >= 0.6 is 0 Å². The number of benzene rings is 2. The summed E-state index contributed by atoms with van der Waals surface area (Å²) in [6, 6.07) is 13.5. The Balaban J connectivity index is 1.53. The molecule has 1 aliphatic rings. The van der Waals surface area contributed by atoms with Crippen molar-refractivity contribution in [3.63, 3.8) is 0 Å². The molecule has 7 nitrogen and oxygen atoms in total. The SMILES string of the molecule is CC(=O)Oc1ccccc1/C=C/C(=O)O[C@H]1Cc2cc3ccc(=O)oc3cc2OC1(C)C. The van der Waals surface area contributed by atoms with Crippen molar-refractivity contribution in [2.75, 3.05) is 0 Å². The molecule has 2 heterocycles. The first-order chi connectivity index (χ1) is 15.2. The second kappa shape index (κ2) is 8.34.